The van der Waals surface area contributed by atoms with Gasteiger partial charge in [-0.1, -0.05) is 6.92 Å². The molecule has 4 nitrogen and oxygen atoms in total. The fourth-order valence-corrected chi connectivity index (χ4v) is 2.29. The van der Waals surface area contributed by atoms with Crippen molar-refractivity contribution in [2.24, 2.45) is 0 Å². The number of nitrogens with one attached hydrogen (secondary N) is 1. The largest absolute Gasteiger partial charge is 0.355 e. The molecule has 0 spiro atoms. The zero-order valence-electron chi connectivity index (χ0n) is 10.1. The maximum absolute atomic E-state index is 4.42. The van der Waals surface area contributed by atoms with Crippen molar-refractivity contribution in [2.75, 3.05) is 24.5 Å². The molecule has 0 amide bonds. The van der Waals surface area contributed by atoms with Crippen LogP contribution in [0.15, 0.2) is 12.4 Å². The first-order valence-corrected chi connectivity index (χ1v) is 6.07. The highest BCUT2D eigenvalue weighted by molar-refractivity contribution is 5.42. The lowest BCUT2D eigenvalue weighted by Crippen LogP contribution is -2.43. The van der Waals surface area contributed by atoms with Crippen molar-refractivity contribution in [3.63, 3.8) is 0 Å². The molecule has 4 heteroatoms. The van der Waals surface area contributed by atoms with Crippen LogP contribution in [0, 0.1) is 6.92 Å². The van der Waals surface area contributed by atoms with E-state index in [2.05, 4.69) is 27.1 Å². The predicted octanol–water partition coefficient (Wildman–Crippen LogP) is 1.36. The normalized spacial score (nSPS) is 17.8. The lowest BCUT2D eigenvalue weighted by molar-refractivity contribution is 0.422. The number of piperidine rings is 1. The van der Waals surface area contributed by atoms with Gasteiger partial charge in [0, 0.05) is 31.5 Å². The maximum atomic E-state index is 4.42. The summed E-state index contributed by atoms with van der Waals surface area (Å²) < 4.78 is 0. The summed E-state index contributed by atoms with van der Waals surface area (Å²) in [5, 5.41) is 3.51. The van der Waals surface area contributed by atoms with E-state index in [0.29, 0.717) is 6.04 Å². The van der Waals surface area contributed by atoms with Crippen LogP contribution in [0.3, 0.4) is 0 Å². The van der Waals surface area contributed by atoms with Gasteiger partial charge in [-0.15, -0.1) is 0 Å². The van der Waals surface area contributed by atoms with Crippen molar-refractivity contribution in [3.05, 3.63) is 18.1 Å². The summed E-state index contributed by atoms with van der Waals surface area (Å²) in [5.74, 6) is 1.05. The molecular weight excluding hydrogens is 200 g/mol. The quantitative estimate of drug-likeness (QED) is 0.835. The van der Waals surface area contributed by atoms with E-state index in [9.17, 15) is 0 Å². The minimum atomic E-state index is 0.679. The van der Waals surface area contributed by atoms with Crippen LogP contribution in [-0.4, -0.2) is 35.6 Å². The second kappa shape index (κ2) is 5.25. The second-order valence-electron chi connectivity index (χ2n) is 4.28. The first-order valence-electron chi connectivity index (χ1n) is 6.07. The van der Waals surface area contributed by atoms with Crippen LogP contribution in [0.2, 0.25) is 0 Å². The van der Waals surface area contributed by atoms with Gasteiger partial charge in [0.1, 0.15) is 5.82 Å². The number of aromatic nitrogens is 2. The van der Waals surface area contributed by atoms with Gasteiger partial charge >= 0.3 is 0 Å². The highest BCUT2D eigenvalue weighted by Gasteiger charge is 2.20. The van der Waals surface area contributed by atoms with Gasteiger partial charge in [0.15, 0.2) is 0 Å². The number of aryl methyl sites for hydroxylation is 1. The van der Waals surface area contributed by atoms with E-state index in [0.717, 1.165) is 31.1 Å². The Balaban J connectivity index is 1.96. The first-order chi connectivity index (χ1) is 7.81. The molecule has 0 saturated carbocycles. The number of rotatable bonds is 3. The van der Waals surface area contributed by atoms with Gasteiger partial charge in [0.25, 0.3) is 0 Å². The van der Waals surface area contributed by atoms with E-state index < -0.39 is 0 Å². The molecular formula is C12H20N4. The van der Waals surface area contributed by atoms with Gasteiger partial charge in [-0.3, -0.25) is 4.98 Å². The van der Waals surface area contributed by atoms with Crippen LogP contribution >= 0.6 is 0 Å². The van der Waals surface area contributed by atoms with Crippen LogP contribution in [0.25, 0.3) is 0 Å². The summed E-state index contributed by atoms with van der Waals surface area (Å²) in [6.45, 7) is 7.42. The van der Waals surface area contributed by atoms with Crippen LogP contribution < -0.4 is 10.2 Å². The zero-order valence-corrected chi connectivity index (χ0v) is 10.1. The Morgan fingerprint density at radius 1 is 1.31 bits per heavy atom. The Morgan fingerprint density at radius 3 is 2.62 bits per heavy atom. The van der Waals surface area contributed by atoms with Gasteiger partial charge in [-0.05, 0) is 26.3 Å². The molecule has 0 bridgehead atoms. The minimum absolute atomic E-state index is 0.679. The molecule has 1 fully saturated rings. The molecule has 16 heavy (non-hydrogen) atoms. The van der Waals surface area contributed by atoms with E-state index in [1.54, 1.807) is 12.4 Å². The average Bonchev–Trinajstić information content (AvgIpc) is 2.31. The number of nitrogens with zero attached hydrogens (tertiary/aromatic N) is 3. The molecule has 2 heterocycles. The average molecular weight is 220 g/mol. The molecule has 1 aromatic heterocycles. The summed E-state index contributed by atoms with van der Waals surface area (Å²) in [4.78, 5) is 11.0. The van der Waals surface area contributed by atoms with Crippen molar-refractivity contribution in [1.29, 1.82) is 0 Å². The standard InChI is InChI=1S/C12H20N4/c1-3-13-11-4-8-16(9-5-11)12-10(2)14-6-7-15-12/h6-7,11,13H,3-5,8-9H2,1-2H3. The fraction of sp³-hybridized carbons (Fsp3) is 0.667. The molecule has 2 rings (SSSR count). The van der Waals surface area contributed by atoms with Gasteiger partial charge < -0.3 is 10.2 Å². The van der Waals surface area contributed by atoms with Gasteiger partial charge in [-0.25, -0.2) is 4.98 Å². The molecule has 0 radical (unpaired) electrons. The van der Waals surface area contributed by atoms with Crippen LogP contribution in [0.4, 0.5) is 5.82 Å². The van der Waals surface area contributed by atoms with Crippen LogP contribution in [0.1, 0.15) is 25.5 Å². The second-order valence-corrected chi connectivity index (χ2v) is 4.28. The molecule has 0 atom stereocenters. The van der Waals surface area contributed by atoms with Gasteiger partial charge in [0.2, 0.25) is 0 Å². The predicted molar refractivity (Wildman–Crippen MR) is 65.7 cm³/mol. The third-order valence-corrected chi connectivity index (χ3v) is 3.14. The highest BCUT2D eigenvalue weighted by atomic mass is 15.2. The molecule has 1 saturated heterocycles. The fourth-order valence-electron chi connectivity index (χ4n) is 2.29. The summed E-state index contributed by atoms with van der Waals surface area (Å²) in [5.41, 5.74) is 1.03. The Bertz CT molecular complexity index is 332. The van der Waals surface area contributed by atoms with E-state index in [1.807, 2.05) is 6.92 Å². The van der Waals surface area contributed by atoms with Crippen molar-refractivity contribution in [1.82, 2.24) is 15.3 Å². The molecule has 1 aliphatic heterocycles. The summed E-state index contributed by atoms with van der Waals surface area (Å²) in [6.07, 6.45) is 5.93. The molecule has 1 aromatic rings. The van der Waals surface area contributed by atoms with E-state index in [1.165, 1.54) is 12.8 Å². The first kappa shape index (κ1) is 11.3. The lowest BCUT2D eigenvalue weighted by Gasteiger charge is -2.33. The van der Waals surface area contributed by atoms with Crippen molar-refractivity contribution in [3.8, 4) is 0 Å². The Kier molecular flexibility index (Phi) is 3.72. The van der Waals surface area contributed by atoms with Crippen molar-refractivity contribution >= 4 is 5.82 Å². The van der Waals surface area contributed by atoms with E-state index in [4.69, 9.17) is 0 Å². The maximum Gasteiger partial charge on any atom is 0.150 e. The number of anilines is 1. The zero-order chi connectivity index (χ0) is 11.4. The third kappa shape index (κ3) is 2.50. The van der Waals surface area contributed by atoms with Crippen LogP contribution in [0.5, 0.6) is 0 Å². The molecule has 0 aromatic carbocycles. The Labute approximate surface area is 97.1 Å². The monoisotopic (exact) mass is 220 g/mol. The Morgan fingerprint density at radius 2 is 2.00 bits per heavy atom. The van der Waals surface area contributed by atoms with Crippen molar-refractivity contribution < 1.29 is 0 Å². The highest BCUT2D eigenvalue weighted by Crippen LogP contribution is 2.19. The molecule has 0 unspecified atom stereocenters. The van der Waals surface area contributed by atoms with Crippen molar-refractivity contribution in [2.45, 2.75) is 32.7 Å². The summed E-state index contributed by atoms with van der Waals surface area (Å²) in [6, 6.07) is 0.679. The van der Waals surface area contributed by atoms with E-state index >= 15 is 0 Å². The summed E-state index contributed by atoms with van der Waals surface area (Å²) >= 11 is 0. The lowest BCUT2D eigenvalue weighted by atomic mass is 10.1. The molecule has 88 valence electrons. The third-order valence-electron chi connectivity index (χ3n) is 3.14. The van der Waals surface area contributed by atoms with Gasteiger partial charge in [0.05, 0.1) is 5.69 Å². The minimum Gasteiger partial charge on any atom is -0.355 e. The van der Waals surface area contributed by atoms with Gasteiger partial charge in [-0.2, -0.15) is 0 Å². The molecule has 0 aliphatic carbocycles. The summed E-state index contributed by atoms with van der Waals surface area (Å²) in [7, 11) is 0. The number of hydrogen-bond acceptors (Lipinski definition) is 4. The van der Waals surface area contributed by atoms with Crippen LogP contribution in [-0.2, 0) is 0 Å². The smallest absolute Gasteiger partial charge is 0.150 e. The van der Waals surface area contributed by atoms with E-state index in [-0.39, 0.29) is 0 Å². The number of hydrogen-bond donors (Lipinski definition) is 1. The Hall–Kier alpha value is -1.16. The topological polar surface area (TPSA) is 41.0 Å². The SMILES string of the molecule is CCNC1CCN(c2nccnc2C)CC1. The molecule has 1 aliphatic rings. The molecule has 1 N–H and O–H groups in total.